The molecule has 1 aliphatic rings. The van der Waals surface area contributed by atoms with Crippen molar-refractivity contribution in [2.45, 2.75) is 25.9 Å². The first-order valence-electron chi connectivity index (χ1n) is 7.46. The highest BCUT2D eigenvalue weighted by molar-refractivity contribution is 5.26. The molecule has 0 saturated carbocycles. The summed E-state index contributed by atoms with van der Waals surface area (Å²) in [7, 11) is 0. The zero-order valence-corrected chi connectivity index (χ0v) is 12.1. The topological polar surface area (TPSA) is 30.5 Å². The maximum absolute atomic E-state index is 5.80. The van der Waals surface area contributed by atoms with Gasteiger partial charge < -0.3 is 14.8 Å². The molecule has 3 rings (SSSR count). The van der Waals surface area contributed by atoms with Crippen molar-refractivity contribution in [1.82, 2.24) is 5.32 Å². The molecular formula is C18H21NO2. The molecule has 0 saturated heterocycles. The van der Waals surface area contributed by atoms with Crippen molar-refractivity contribution in [1.29, 1.82) is 0 Å². The van der Waals surface area contributed by atoms with Crippen LogP contribution in [0.1, 0.15) is 16.7 Å². The summed E-state index contributed by atoms with van der Waals surface area (Å²) in [6, 6.07) is 18.8. The summed E-state index contributed by atoms with van der Waals surface area (Å²) in [4.78, 5) is 0. The van der Waals surface area contributed by atoms with Gasteiger partial charge in [-0.3, -0.25) is 0 Å². The molecule has 3 heteroatoms. The van der Waals surface area contributed by atoms with Crippen LogP contribution in [0.15, 0.2) is 54.6 Å². The minimum absolute atomic E-state index is 0.173. The Morgan fingerprint density at radius 1 is 0.857 bits per heavy atom. The smallest absolute Gasteiger partial charge is 0.170 e. The molecule has 0 amide bonds. The van der Waals surface area contributed by atoms with Crippen LogP contribution in [0.3, 0.4) is 0 Å². The number of ether oxygens (including phenoxy) is 2. The van der Waals surface area contributed by atoms with Crippen molar-refractivity contribution in [3.63, 3.8) is 0 Å². The molecule has 2 aromatic carbocycles. The average Bonchev–Trinajstić information content (AvgIpc) is 2.75. The third-order valence-corrected chi connectivity index (χ3v) is 3.71. The van der Waals surface area contributed by atoms with Crippen molar-refractivity contribution in [2.24, 2.45) is 0 Å². The number of rotatable bonds is 5. The fraction of sp³-hybridized carbons (Fsp3) is 0.333. The molecule has 1 aliphatic heterocycles. The van der Waals surface area contributed by atoms with E-state index in [0.29, 0.717) is 13.2 Å². The summed E-state index contributed by atoms with van der Waals surface area (Å²) in [5, 5.41) is 3.41. The van der Waals surface area contributed by atoms with Gasteiger partial charge in [0.15, 0.2) is 6.29 Å². The van der Waals surface area contributed by atoms with Gasteiger partial charge in [-0.05, 0) is 29.7 Å². The predicted molar refractivity (Wildman–Crippen MR) is 82.8 cm³/mol. The van der Waals surface area contributed by atoms with Gasteiger partial charge in [-0.15, -0.1) is 0 Å². The van der Waals surface area contributed by atoms with E-state index in [1.165, 1.54) is 16.7 Å². The SMILES string of the molecule is c1ccc(CCNCC2OCc3ccccc3CO2)cc1. The maximum Gasteiger partial charge on any atom is 0.170 e. The highest BCUT2D eigenvalue weighted by atomic mass is 16.7. The van der Waals surface area contributed by atoms with Gasteiger partial charge in [-0.25, -0.2) is 0 Å². The van der Waals surface area contributed by atoms with Crippen LogP contribution in [0, 0.1) is 0 Å². The Hall–Kier alpha value is -1.68. The summed E-state index contributed by atoms with van der Waals surface area (Å²) in [6.07, 6.45) is 0.849. The molecule has 110 valence electrons. The van der Waals surface area contributed by atoms with E-state index in [1.54, 1.807) is 0 Å². The Kier molecular flexibility index (Phi) is 5.00. The zero-order chi connectivity index (χ0) is 14.3. The summed E-state index contributed by atoms with van der Waals surface area (Å²) < 4.78 is 11.6. The van der Waals surface area contributed by atoms with Crippen LogP contribution in [0.5, 0.6) is 0 Å². The second kappa shape index (κ2) is 7.36. The largest absolute Gasteiger partial charge is 0.347 e. The van der Waals surface area contributed by atoms with Gasteiger partial charge in [0.25, 0.3) is 0 Å². The second-order valence-electron chi connectivity index (χ2n) is 5.26. The monoisotopic (exact) mass is 283 g/mol. The van der Waals surface area contributed by atoms with Gasteiger partial charge in [0.05, 0.1) is 13.2 Å². The molecule has 0 unspecified atom stereocenters. The maximum atomic E-state index is 5.80. The van der Waals surface area contributed by atoms with Gasteiger partial charge >= 0.3 is 0 Å². The Balaban J connectivity index is 1.41. The summed E-state index contributed by atoms with van der Waals surface area (Å²) in [5.74, 6) is 0. The van der Waals surface area contributed by atoms with Crippen LogP contribution >= 0.6 is 0 Å². The minimum Gasteiger partial charge on any atom is -0.347 e. The first kappa shape index (κ1) is 14.3. The summed E-state index contributed by atoms with van der Waals surface area (Å²) >= 11 is 0. The van der Waals surface area contributed by atoms with Crippen molar-refractivity contribution in [3.8, 4) is 0 Å². The van der Waals surface area contributed by atoms with Crippen LogP contribution in [-0.4, -0.2) is 19.4 Å². The Bertz CT molecular complexity index is 529. The van der Waals surface area contributed by atoms with E-state index >= 15 is 0 Å². The fourth-order valence-electron chi connectivity index (χ4n) is 2.47. The lowest BCUT2D eigenvalue weighted by molar-refractivity contribution is -0.145. The Morgan fingerprint density at radius 2 is 1.48 bits per heavy atom. The third-order valence-electron chi connectivity index (χ3n) is 3.71. The average molecular weight is 283 g/mol. The molecule has 2 aromatic rings. The molecule has 3 nitrogen and oxygen atoms in total. The van der Waals surface area contributed by atoms with Gasteiger partial charge in [0.2, 0.25) is 0 Å². The molecule has 0 aliphatic carbocycles. The van der Waals surface area contributed by atoms with E-state index in [1.807, 2.05) is 18.2 Å². The normalized spacial score (nSPS) is 15.4. The number of hydrogen-bond donors (Lipinski definition) is 1. The van der Waals surface area contributed by atoms with Gasteiger partial charge in [-0.2, -0.15) is 0 Å². The van der Waals surface area contributed by atoms with Crippen molar-refractivity contribution >= 4 is 0 Å². The van der Waals surface area contributed by atoms with Crippen molar-refractivity contribution in [3.05, 3.63) is 71.3 Å². The van der Waals surface area contributed by atoms with Gasteiger partial charge in [0.1, 0.15) is 0 Å². The molecule has 0 atom stereocenters. The second-order valence-corrected chi connectivity index (χ2v) is 5.26. The van der Waals surface area contributed by atoms with Gasteiger partial charge in [0, 0.05) is 6.54 Å². The lowest BCUT2D eigenvalue weighted by Crippen LogP contribution is -2.31. The van der Waals surface area contributed by atoms with Crippen molar-refractivity contribution in [2.75, 3.05) is 13.1 Å². The molecule has 21 heavy (non-hydrogen) atoms. The standard InChI is InChI=1S/C18H21NO2/c1-2-6-15(7-3-1)10-11-19-12-18-20-13-16-8-4-5-9-17(16)14-21-18/h1-9,18-19H,10-14H2. The van der Waals surface area contributed by atoms with Crippen LogP contribution in [0.2, 0.25) is 0 Å². The molecule has 0 aromatic heterocycles. The van der Waals surface area contributed by atoms with E-state index in [2.05, 4.69) is 41.7 Å². The highest BCUT2D eigenvalue weighted by Crippen LogP contribution is 2.17. The van der Waals surface area contributed by atoms with E-state index in [4.69, 9.17) is 9.47 Å². The lowest BCUT2D eigenvalue weighted by atomic mass is 10.1. The molecule has 0 radical (unpaired) electrons. The molecule has 1 heterocycles. The van der Waals surface area contributed by atoms with E-state index in [9.17, 15) is 0 Å². The predicted octanol–water partition coefficient (Wildman–Crippen LogP) is 2.89. The first-order valence-corrected chi connectivity index (χ1v) is 7.46. The number of hydrogen-bond acceptors (Lipinski definition) is 3. The van der Waals surface area contributed by atoms with Crippen molar-refractivity contribution < 1.29 is 9.47 Å². The lowest BCUT2D eigenvalue weighted by Gasteiger charge is -2.16. The van der Waals surface area contributed by atoms with Gasteiger partial charge in [-0.1, -0.05) is 54.6 Å². The molecule has 0 fully saturated rings. The van der Waals surface area contributed by atoms with Crippen LogP contribution in [-0.2, 0) is 29.1 Å². The van der Waals surface area contributed by atoms with Crippen LogP contribution in [0.25, 0.3) is 0 Å². The fourth-order valence-corrected chi connectivity index (χ4v) is 2.47. The molecular weight excluding hydrogens is 262 g/mol. The molecule has 0 bridgehead atoms. The van der Waals surface area contributed by atoms with E-state index < -0.39 is 0 Å². The highest BCUT2D eigenvalue weighted by Gasteiger charge is 2.15. The molecule has 0 spiro atoms. The quantitative estimate of drug-likeness (QED) is 0.856. The number of benzene rings is 2. The van der Waals surface area contributed by atoms with E-state index in [-0.39, 0.29) is 6.29 Å². The summed E-state index contributed by atoms with van der Waals surface area (Å²) in [6.45, 7) is 2.91. The Labute approximate surface area is 125 Å². The zero-order valence-electron chi connectivity index (χ0n) is 12.1. The third kappa shape index (κ3) is 4.14. The number of nitrogens with one attached hydrogen (secondary N) is 1. The molecule has 1 N–H and O–H groups in total. The minimum atomic E-state index is -0.173. The number of fused-ring (bicyclic) bond motifs is 1. The van der Waals surface area contributed by atoms with Crippen LogP contribution < -0.4 is 5.32 Å². The first-order chi connectivity index (χ1) is 10.4. The van der Waals surface area contributed by atoms with Crippen LogP contribution in [0.4, 0.5) is 0 Å². The van der Waals surface area contributed by atoms with E-state index in [0.717, 1.165) is 19.5 Å². The summed E-state index contributed by atoms with van der Waals surface area (Å²) in [5.41, 5.74) is 3.80. The Morgan fingerprint density at radius 3 is 2.14 bits per heavy atom.